The number of aryl methyl sites for hydroxylation is 1. The molecule has 0 radical (unpaired) electrons. The van der Waals surface area contributed by atoms with Gasteiger partial charge in [0.1, 0.15) is 12.4 Å². The molecular formula is C26H28N6O. The van der Waals surface area contributed by atoms with Gasteiger partial charge in [0.25, 0.3) is 0 Å². The molecule has 7 nitrogen and oxygen atoms in total. The van der Waals surface area contributed by atoms with Crippen LogP contribution < -0.4 is 5.32 Å². The Morgan fingerprint density at radius 3 is 2.52 bits per heavy atom. The summed E-state index contributed by atoms with van der Waals surface area (Å²) in [6, 6.07) is 16.2. The van der Waals surface area contributed by atoms with Crippen molar-refractivity contribution in [1.29, 1.82) is 0 Å². The molecule has 3 heterocycles. The first-order valence-electron chi connectivity index (χ1n) is 10.8. The second kappa shape index (κ2) is 9.42. The van der Waals surface area contributed by atoms with Crippen LogP contribution in [0.4, 0.5) is 11.5 Å². The first-order valence-corrected chi connectivity index (χ1v) is 10.8. The van der Waals surface area contributed by atoms with Crippen LogP contribution in [0.3, 0.4) is 0 Å². The van der Waals surface area contributed by atoms with E-state index < -0.39 is 0 Å². The van der Waals surface area contributed by atoms with Gasteiger partial charge in [0.05, 0.1) is 16.8 Å². The van der Waals surface area contributed by atoms with Crippen molar-refractivity contribution in [2.45, 2.75) is 32.8 Å². The van der Waals surface area contributed by atoms with E-state index in [9.17, 15) is 0 Å². The van der Waals surface area contributed by atoms with Gasteiger partial charge in [0.15, 0.2) is 11.5 Å². The highest BCUT2D eigenvalue weighted by Crippen LogP contribution is 2.28. The summed E-state index contributed by atoms with van der Waals surface area (Å²) < 4.78 is 5.29. The number of anilines is 2. The van der Waals surface area contributed by atoms with Crippen LogP contribution >= 0.6 is 0 Å². The number of nitrogens with zero attached hydrogens (tertiary/aromatic N) is 5. The van der Waals surface area contributed by atoms with E-state index in [-0.39, 0.29) is 5.41 Å². The van der Waals surface area contributed by atoms with E-state index in [1.165, 1.54) is 5.56 Å². The Labute approximate surface area is 194 Å². The Kier molecular flexibility index (Phi) is 6.42. The fourth-order valence-corrected chi connectivity index (χ4v) is 3.75. The summed E-state index contributed by atoms with van der Waals surface area (Å²) in [4.78, 5) is 22.8. The van der Waals surface area contributed by atoms with Gasteiger partial charge >= 0.3 is 0 Å². The molecule has 3 aromatic heterocycles. The fraction of sp³-hybridized carbons (Fsp3) is 0.269. The van der Waals surface area contributed by atoms with Crippen molar-refractivity contribution in [3.8, 4) is 11.4 Å². The lowest BCUT2D eigenvalue weighted by molar-refractivity contribution is 0.178. The van der Waals surface area contributed by atoms with Crippen LogP contribution in [0.1, 0.15) is 30.8 Å². The number of methoxy groups -OCH3 is 1. The largest absolute Gasteiger partial charge is 0.377 e. The molecule has 7 heteroatoms. The number of fused-ring (bicyclic) bond motifs is 1. The van der Waals surface area contributed by atoms with Crippen molar-refractivity contribution in [2.75, 3.05) is 19.5 Å². The quantitative estimate of drug-likeness (QED) is 0.394. The minimum Gasteiger partial charge on any atom is -0.377 e. The molecule has 0 amide bonds. The normalized spacial score (nSPS) is 11.9. The Balaban J connectivity index is 1.73. The van der Waals surface area contributed by atoms with E-state index in [1.807, 2.05) is 49.5 Å². The zero-order valence-corrected chi connectivity index (χ0v) is 19.6. The van der Waals surface area contributed by atoms with Crippen LogP contribution in [-0.2, 0) is 16.8 Å². The van der Waals surface area contributed by atoms with E-state index in [1.54, 1.807) is 20.4 Å². The van der Waals surface area contributed by atoms with Gasteiger partial charge in [-0.25, -0.2) is 15.0 Å². The molecule has 0 saturated carbocycles. The molecule has 0 spiro atoms. The third kappa shape index (κ3) is 4.88. The van der Waals surface area contributed by atoms with E-state index in [2.05, 4.69) is 51.2 Å². The summed E-state index contributed by atoms with van der Waals surface area (Å²) >= 11 is 0. The maximum absolute atomic E-state index is 5.29. The highest BCUT2D eigenvalue weighted by molar-refractivity contribution is 5.90. The number of pyridine rings is 2. The minimum absolute atomic E-state index is 0.134. The average Bonchev–Trinajstić information content (AvgIpc) is 2.79. The molecule has 4 aromatic rings. The topological polar surface area (TPSA) is 85.2 Å². The molecule has 0 aliphatic rings. The summed E-state index contributed by atoms with van der Waals surface area (Å²) in [5.74, 6) is 1.25. The number of aromatic nitrogens is 4. The Morgan fingerprint density at radius 1 is 1.03 bits per heavy atom. The maximum Gasteiger partial charge on any atom is 0.165 e. The molecule has 0 unspecified atom stereocenters. The Bertz CT molecular complexity index is 1300. The van der Waals surface area contributed by atoms with Gasteiger partial charge in [-0.1, -0.05) is 32.0 Å². The first-order chi connectivity index (χ1) is 15.9. The smallest absolute Gasteiger partial charge is 0.165 e. The number of rotatable bonds is 7. The third-order valence-electron chi connectivity index (χ3n) is 5.48. The van der Waals surface area contributed by atoms with Gasteiger partial charge in [0, 0.05) is 37.7 Å². The van der Waals surface area contributed by atoms with Crippen LogP contribution in [0.5, 0.6) is 0 Å². The highest BCUT2D eigenvalue weighted by Gasteiger charge is 2.18. The van der Waals surface area contributed by atoms with Crippen LogP contribution in [0, 0.1) is 6.92 Å². The van der Waals surface area contributed by atoms with Gasteiger partial charge in [-0.3, -0.25) is 9.98 Å². The van der Waals surface area contributed by atoms with E-state index >= 15 is 0 Å². The molecule has 0 aliphatic carbocycles. The first kappa shape index (κ1) is 22.5. The number of hydrogen-bond acceptors (Lipinski definition) is 7. The van der Waals surface area contributed by atoms with Crippen molar-refractivity contribution in [1.82, 2.24) is 19.9 Å². The molecule has 0 saturated heterocycles. The van der Waals surface area contributed by atoms with Crippen molar-refractivity contribution in [3.05, 3.63) is 71.7 Å². The van der Waals surface area contributed by atoms with Gasteiger partial charge in [-0.15, -0.1) is 0 Å². The maximum atomic E-state index is 5.29. The highest BCUT2D eigenvalue weighted by atomic mass is 16.5. The predicted octanol–water partition coefficient (Wildman–Crippen LogP) is 5.26. The second-order valence-electron chi connectivity index (χ2n) is 8.47. The molecule has 1 aromatic carbocycles. The van der Waals surface area contributed by atoms with E-state index in [0.717, 1.165) is 28.0 Å². The van der Waals surface area contributed by atoms with Crippen molar-refractivity contribution in [2.24, 2.45) is 4.99 Å². The molecule has 4 rings (SSSR count). The summed E-state index contributed by atoms with van der Waals surface area (Å²) in [6.07, 6.45) is 3.73. The Morgan fingerprint density at radius 2 is 1.82 bits per heavy atom. The van der Waals surface area contributed by atoms with Crippen molar-refractivity contribution in [3.63, 3.8) is 0 Å². The average molecular weight is 441 g/mol. The number of benzene rings is 1. The van der Waals surface area contributed by atoms with Crippen molar-refractivity contribution >= 4 is 28.8 Å². The van der Waals surface area contributed by atoms with E-state index in [4.69, 9.17) is 9.72 Å². The van der Waals surface area contributed by atoms with Gasteiger partial charge in [-0.05, 0) is 48.4 Å². The number of hydrogen-bond donors (Lipinski definition) is 1. The summed E-state index contributed by atoms with van der Waals surface area (Å²) in [5.41, 5.74) is 5.25. The lowest BCUT2D eigenvalue weighted by atomic mass is 9.86. The zero-order valence-electron chi connectivity index (χ0n) is 19.6. The standard InChI is InChI=1S/C26H28N6O/c1-17-7-6-14-28-23(17)21-13-12-20-24(31-22(15-33-5)32-25(20)30-21)29-19-10-8-18(9-11-19)26(2,3)16-27-4/h6-14,16H,15H2,1-5H3,(H,29,30,31,32). The fourth-order valence-electron chi connectivity index (χ4n) is 3.75. The summed E-state index contributed by atoms with van der Waals surface area (Å²) in [6.45, 7) is 6.60. The summed E-state index contributed by atoms with van der Waals surface area (Å²) in [5, 5.41) is 4.26. The molecule has 0 fully saturated rings. The minimum atomic E-state index is -0.134. The molecule has 33 heavy (non-hydrogen) atoms. The lowest BCUT2D eigenvalue weighted by Crippen LogP contribution is -2.18. The molecule has 0 aliphatic heterocycles. The third-order valence-corrected chi connectivity index (χ3v) is 5.48. The molecular weight excluding hydrogens is 412 g/mol. The summed E-state index contributed by atoms with van der Waals surface area (Å²) in [7, 11) is 3.42. The molecule has 1 N–H and O–H groups in total. The van der Waals surface area contributed by atoms with Crippen molar-refractivity contribution < 1.29 is 4.74 Å². The van der Waals surface area contributed by atoms with Gasteiger partial charge < -0.3 is 10.1 Å². The molecule has 0 atom stereocenters. The molecule has 0 bridgehead atoms. The molecule has 168 valence electrons. The SMILES string of the molecule is CN=CC(C)(C)c1ccc(Nc2nc(COC)nc3nc(-c4ncccc4C)ccc23)cc1. The monoisotopic (exact) mass is 440 g/mol. The van der Waals surface area contributed by atoms with Crippen LogP contribution in [0.25, 0.3) is 22.4 Å². The van der Waals surface area contributed by atoms with Gasteiger partial charge in [0.2, 0.25) is 0 Å². The number of ether oxygens (including phenoxy) is 1. The number of nitrogens with one attached hydrogen (secondary N) is 1. The van der Waals surface area contributed by atoms with Crippen LogP contribution in [-0.4, -0.2) is 40.3 Å². The lowest BCUT2D eigenvalue weighted by Gasteiger charge is -2.20. The predicted molar refractivity (Wildman–Crippen MR) is 133 cm³/mol. The van der Waals surface area contributed by atoms with Crippen LogP contribution in [0.2, 0.25) is 0 Å². The second-order valence-corrected chi connectivity index (χ2v) is 8.47. The van der Waals surface area contributed by atoms with Crippen LogP contribution in [0.15, 0.2) is 59.7 Å². The number of aliphatic imine (C=N–C) groups is 1. The van der Waals surface area contributed by atoms with E-state index in [0.29, 0.717) is 23.9 Å². The van der Waals surface area contributed by atoms with Gasteiger partial charge in [-0.2, -0.15) is 0 Å². The zero-order chi connectivity index (χ0) is 23.4. The Hall–Kier alpha value is -3.71.